The van der Waals surface area contributed by atoms with Gasteiger partial charge < -0.3 is 10.2 Å². The molecule has 1 atom stereocenters. The van der Waals surface area contributed by atoms with E-state index in [0.29, 0.717) is 21.0 Å². The van der Waals surface area contributed by atoms with E-state index in [0.717, 1.165) is 17.0 Å². The molecule has 3 rings (SSSR count). The zero-order chi connectivity index (χ0) is 29.7. The Labute approximate surface area is 240 Å². The molecule has 0 heterocycles. The summed E-state index contributed by atoms with van der Waals surface area (Å²) in [7, 11) is -4.54. The summed E-state index contributed by atoms with van der Waals surface area (Å²) in [6, 6.07) is 15.0. The lowest BCUT2D eigenvalue weighted by molar-refractivity contribution is -0.139. The molecule has 0 fully saturated rings. The average Bonchev–Trinajstić information content (AvgIpc) is 2.90. The fourth-order valence-corrected chi connectivity index (χ4v) is 5.74. The summed E-state index contributed by atoms with van der Waals surface area (Å²) in [6.07, 6.45) is -4.88. The Kier molecular flexibility index (Phi) is 10.1. The number of amides is 2. The minimum absolute atomic E-state index is 0.120. The Balaban J connectivity index is 2.11. The summed E-state index contributed by atoms with van der Waals surface area (Å²) >= 11 is 11.8. The summed E-state index contributed by atoms with van der Waals surface area (Å²) in [5.74, 6) is -1.33. The molecular formula is C27H26Cl2F3N3O4S. The van der Waals surface area contributed by atoms with E-state index in [4.69, 9.17) is 23.2 Å². The first-order valence-electron chi connectivity index (χ1n) is 12.0. The monoisotopic (exact) mass is 615 g/mol. The van der Waals surface area contributed by atoms with Gasteiger partial charge in [-0.15, -0.1) is 0 Å². The highest BCUT2D eigenvalue weighted by atomic mass is 35.5. The molecule has 0 saturated heterocycles. The van der Waals surface area contributed by atoms with Gasteiger partial charge in [0.15, 0.2) is 0 Å². The number of alkyl halides is 3. The lowest BCUT2D eigenvalue weighted by atomic mass is 10.1. The number of benzene rings is 3. The van der Waals surface area contributed by atoms with Gasteiger partial charge in [0, 0.05) is 18.1 Å². The number of carbonyl (C=O) groups excluding carboxylic acids is 2. The van der Waals surface area contributed by atoms with Gasteiger partial charge in [-0.25, -0.2) is 8.42 Å². The maximum Gasteiger partial charge on any atom is 0.417 e. The van der Waals surface area contributed by atoms with E-state index in [1.807, 2.05) is 0 Å². The van der Waals surface area contributed by atoms with Crippen molar-refractivity contribution >= 4 is 50.7 Å². The van der Waals surface area contributed by atoms with Gasteiger partial charge in [-0.3, -0.25) is 13.9 Å². The molecule has 3 aromatic rings. The number of anilines is 1. The lowest BCUT2D eigenvalue weighted by Gasteiger charge is -2.32. The molecule has 0 radical (unpaired) electrons. The summed E-state index contributed by atoms with van der Waals surface area (Å²) in [6.45, 7) is 2.42. The van der Waals surface area contributed by atoms with Gasteiger partial charge in [-0.1, -0.05) is 53.5 Å². The number of hydrogen-bond acceptors (Lipinski definition) is 4. The third-order valence-electron chi connectivity index (χ3n) is 5.91. The van der Waals surface area contributed by atoms with E-state index in [2.05, 4.69) is 5.32 Å². The Morgan fingerprint density at radius 2 is 1.65 bits per heavy atom. The standard InChI is InChI=1S/C27H26Cl2F3N3O4S/c1-3-33-26(37)18(2)34(16-19-8-7-9-20(28)14-19)25(36)17-35(40(38,39)22-10-5-4-6-11-22)21-12-13-24(29)23(15-21)27(30,31)32/h4-15,18H,3,16-17H2,1-2H3,(H,33,37)/t18-/m1/s1. The van der Waals surface area contributed by atoms with Crippen LogP contribution in [-0.2, 0) is 32.3 Å². The van der Waals surface area contributed by atoms with Crippen LogP contribution in [0.1, 0.15) is 25.0 Å². The zero-order valence-electron chi connectivity index (χ0n) is 21.5. The van der Waals surface area contributed by atoms with Gasteiger partial charge in [-0.05, 0) is 61.9 Å². The van der Waals surface area contributed by atoms with Gasteiger partial charge in [0.2, 0.25) is 11.8 Å². The smallest absolute Gasteiger partial charge is 0.355 e. The van der Waals surface area contributed by atoms with Gasteiger partial charge >= 0.3 is 6.18 Å². The van der Waals surface area contributed by atoms with Gasteiger partial charge in [0.05, 0.1) is 21.2 Å². The van der Waals surface area contributed by atoms with Gasteiger partial charge in [0.25, 0.3) is 10.0 Å². The maximum atomic E-state index is 13.8. The van der Waals surface area contributed by atoms with Crippen LogP contribution in [0.15, 0.2) is 77.7 Å². The van der Waals surface area contributed by atoms with Crippen LogP contribution < -0.4 is 9.62 Å². The second-order valence-electron chi connectivity index (χ2n) is 8.71. The van der Waals surface area contributed by atoms with Crippen LogP contribution in [0.25, 0.3) is 0 Å². The molecule has 7 nitrogen and oxygen atoms in total. The summed E-state index contributed by atoms with van der Waals surface area (Å²) in [5.41, 5.74) is -1.14. The normalized spacial score (nSPS) is 12.5. The molecule has 0 aromatic heterocycles. The first-order chi connectivity index (χ1) is 18.8. The number of rotatable bonds is 10. The molecule has 0 aliphatic heterocycles. The number of likely N-dealkylation sites (N-methyl/N-ethyl adjacent to an activating group) is 1. The molecular weight excluding hydrogens is 590 g/mol. The fourth-order valence-electron chi connectivity index (χ4n) is 3.87. The molecule has 0 spiro atoms. The third-order valence-corrected chi connectivity index (χ3v) is 8.27. The quantitative estimate of drug-likeness (QED) is 0.314. The molecule has 3 aromatic carbocycles. The van der Waals surface area contributed by atoms with Gasteiger partial charge in [0.1, 0.15) is 12.6 Å². The van der Waals surface area contributed by atoms with Crippen molar-refractivity contribution < 1.29 is 31.2 Å². The molecule has 13 heteroatoms. The number of hydrogen-bond donors (Lipinski definition) is 1. The summed E-state index contributed by atoms with van der Waals surface area (Å²) < 4.78 is 68.9. The van der Waals surface area contributed by atoms with E-state index in [1.54, 1.807) is 37.3 Å². The van der Waals surface area contributed by atoms with Crippen molar-refractivity contribution in [3.63, 3.8) is 0 Å². The maximum absolute atomic E-state index is 13.8. The Bertz CT molecular complexity index is 1470. The van der Waals surface area contributed by atoms with E-state index >= 15 is 0 Å². The topological polar surface area (TPSA) is 86.8 Å². The van der Waals surface area contributed by atoms with Crippen LogP contribution in [0.2, 0.25) is 10.0 Å². The minimum atomic E-state index is -4.88. The van der Waals surface area contributed by atoms with Crippen LogP contribution in [0.4, 0.5) is 18.9 Å². The fraction of sp³-hybridized carbons (Fsp3) is 0.259. The van der Waals surface area contributed by atoms with Crippen LogP contribution in [0.5, 0.6) is 0 Å². The van der Waals surface area contributed by atoms with E-state index in [-0.39, 0.29) is 18.0 Å². The van der Waals surface area contributed by atoms with E-state index in [1.165, 1.54) is 31.2 Å². The zero-order valence-corrected chi connectivity index (χ0v) is 23.8. The Hall–Kier alpha value is -3.28. The van der Waals surface area contributed by atoms with Crippen molar-refractivity contribution in [2.75, 3.05) is 17.4 Å². The molecule has 1 N–H and O–H groups in total. The molecule has 0 aliphatic carbocycles. The molecule has 0 unspecified atom stereocenters. The summed E-state index contributed by atoms with van der Waals surface area (Å²) in [5, 5.41) is 2.37. The lowest BCUT2D eigenvalue weighted by Crippen LogP contribution is -2.51. The number of halogens is 5. The van der Waals surface area contributed by atoms with Crippen molar-refractivity contribution in [3.8, 4) is 0 Å². The number of carbonyl (C=O) groups is 2. The highest BCUT2D eigenvalue weighted by molar-refractivity contribution is 7.92. The van der Waals surface area contributed by atoms with Crippen LogP contribution >= 0.6 is 23.2 Å². The van der Waals surface area contributed by atoms with E-state index < -0.39 is 56.9 Å². The molecule has 40 heavy (non-hydrogen) atoms. The van der Waals surface area contributed by atoms with Crippen molar-refractivity contribution in [2.24, 2.45) is 0 Å². The van der Waals surface area contributed by atoms with Crippen molar-refractivity contribution in [3.05, 3.63) is 94.0 Å². The first kappa shape index (κ1) is 31.3. The predicted molar refractivity (Wildman–Crippen MR) is 148 cm³/mol. The molecule has 2 amide bonds. The highest BCUT2D eigenvalue weighted by Gasteiger charge is 2.36. The van der Waals surface area contributed by atoms with Crippen molar-refractivity contribution in [1.29, 1.82) is 0 Å². The predicted octanol–water partition coefficient (Wildman–Crippen LogP) is 5.76. The Morgan fingerprint density at radius 3 is 2.25 bits per heavy atom. The van der Waals surface area contributed by atoms with Crippen LogP contribution in [0, 0.1) is 0 Å². The molecule has 214 valence electrons. The molecule has 0 saturated carbocycles. The van der Waals surface area contributed by atoms with Crippen molar-refractivity contribution in [1.82, 2.24) is 10.2 Å². The minimum Gasteiger partial charge on any atom is -0.355 e. The van der Waals surface area contributed by atoms with Crippen LogP contribution in [0.3, 0.4) is 0 Å². The van der Waals surface area contributed by atoms with E-state index in [9.17, 15) is 31.2 Å². The highest BCUT2D eigenvalue weighted by Crippen LogP contribution is 2.38. The molecule has 0 aliphatic rings. The van der Waals surface area contributed by atoms with Crippen LogP contribution in [-0.4, -0.2) is 44.3 Å². The summed E-state index contributed by atoms with van der Waals surface area (Å²) in [4.78, 5) is 27.4. The number of nitrogens with zero attached hydrogens (tertiary/aromatic N) is 2. The second-order valence-corrected chi connectivity index (χ2v) is 11.4. The van der Waals surface area contributed by atoms with Crippen molar-refractivity contribution in [2.45, 2.75) is 37.5 Å². The first-order valence-corrected chi connectivity index (χ1v) is 14.2. The third kappa shape index (κ3) is 7.47. The SMILES string of the molecule is CCNC(=O)[C@@H](C)N(Cc1cccc(Cl)c1)C(=O)CN(c1ccc(Cl)c(C(F)(F)F)c1)S(=O)(=O)c1ccccc1. The average molecular weight is 616 g/mol. The number of nitrogens with one attached hydrogen (secondary N) is 1. The van der Waals surface area contributed by atoms with Gasteiger partial charge in [-0.2, -0.15) is 13.2 Å². The Morgan fingerprint density at radius 1 is 0.975 bits per heavy atom. The largest absolute Gasteiger partial charge is 0.417 e. The number of sulfonamides is 1. The second kappa shape index (κ2) is 12.9. The molecule has 0 bridgehead atoms.